The first-order valence-corrected chi connectivity index (χ1v) is 11.1. The third-order valence-electron chi connectivity index (χ3n) is 3.41. The van der Waals surface area contributed by atoms with Crippen molar-refractivity contribution >= 4 is 60.7 Å². The second-order valence-corrected chi connectivity index (χ2v) is 9.93. The SMILES string of the molecule is CC(=O)C(C)(C)F.CC(C)CN(NC(=O)c1csc(Br)n1)c1nc(C#N)ncc1Br. The normalized spacial score (nSPS) is 10.7. The average molecular weight is 564 g/mol. The Morgan fingerprint density at radius 3 is 2.40 bits per heavy atom. The van der Waals surface area contributed by atoms with E-state index in [2.05, 4.69) is 52.2 Å². The molecule has 0 spiro atoms. The van der Waals surface area contributed by atoms with Gasteiger partial charge in [-0.1, -0.05) is 13.8 Å². The van der Waals surface area contributed by atoms with Crippen LogP contribution in [0.15, 0.2) is 20.0 Å². The number of carbonyl (C=O) groups excluding carboxylic acids is 2. The Morgan fingerprint density at radius 1 is 1.37 bits per heavy atom. The van der Waals surface area contributed by atoms with Crippen LogP contribution < -0.4 is 10.4 Å². The predicted molar refractivity (Wildman–Crippen MR) is 120 cm³/mol. The maximum absolute atomic E-state index is 12.3. The highest BCUT2D eigenvalue weighted by atomic mass is 79.9. The molecule has 0 bridgehead atoms. The summed E-state index contributed by atoms with van der Waals surface area (Å²) in [6, 6.07) is 1.89. The minimum Gasteiger partial charge on any atom is -0.296 e. The van der Waals surface area contributed by atoms with Crippen LogP contribution in [0.4, 0.5) is 10.2 Å². The van der Waals surface area contributed by atoms with Crippen molar-refractivity contribution in [2.45, 2.75) is 40.3 Å². The first-order valence-electron chi connectivity index (χ1n) is 8.67. The maximum Gasteiger partial charge on any atom is 0.289 e. The Bertz CT molecular complexity index is 939. The van der Waals surface area contributed by atoms with E-state index in [1.165, 1.54) is 38.3 Å². The van der Waals surface area contributed by atoms with E-state index in [9.17, 15) is 14.0 Å². The van der Waals surface area contributed by atoms with Crippen molar-refractivity contribution < 1.29 is 14.0 Å². The van der Waals surface area contributed by atoms with Gasteiger partial charge in [0.15, 0.2) is 21.2 Å². The number of hydrogen-bond donors (Lipinski definition) is 1. The molecular weight excluding hydrogens is 543 g/mol. The van der Waals surface area contributed by atoms with Crippen LogP contribution in [-0.2, 0) is 4.79 Å². The summed E-state index contributed by atoms with van der Waals surface area (Å²) in [6.07, 6.45) is 1.49. The molecule has 0 aromatic carbocycles. The van der Waals surface area contributed by atoms with E-state index in [1.54, 1.807) is 10.4 Å². The van der Waals surface area contributed by atoms with Gasteiger partial charge in [-0.2, -0.15) is 10.2 Å². The highest BCUT2D eigenvalue weighted by Gasteiger charge is 2.21. The van der Waals surface area contributed by atoms with Crippen molar-refractivity contribution in [3.63, 3.8) is 0 Å². The average Bonchev–Trinajstić information content (AvgIpc) is 3.07. The number of amides is 1. The van der Waals surface area contributed by atoms with Gasteiger partial charge in [0, 0.05) is 18.1 Å². The van der Waals surface area contributed by atoms with Crippen LogP contribution in [-0.4, -0.2) is 38.9 Å². The van der Waals surface area contributed by atoms with Crippen molar-refractivity contribution in [2.75, 3.05) is 11.6 Å². The third kappa shape index (κ3) is 8.41. The van der Waals surface area contributed by atoms with Crippen LogP contribution in [0.3, 0.4) is 0 Å². The summed E-state index contributed by atoms with van der Waals surface area (Å²) in [4.78, 5) is 34.6. The third-order valence-corrected chi connectivity index (χ3v) is 5.34. The molecule has 0 radical (unpaired) electrons. The minimum atomic E-state index is -1.64. The van der Waals surface area contributed by atoms with Gasteiger partial charge in [0.2, 0.25) is 5.82 Å². The summed E-state index contributed by atoms with van der Waals surface area (Å²) in [5.74, 6) is -0.0653. The Hall–Kier alpha value is -1.97. The highest BCUT2D eigenvalue weighted by molar-refractivity contribution is 9.11. The molecule has 2 heterocycles. The van der Waals surface area contributed by atoms with Gasteiger partial charge in [-0.15, -0.1) is 11.3 Å². The summed E-state index contributed by atoms with van der Waals surface area (Å²) in [5.41, 5.74) is 1.44. The number of nitrogens with zero attached hydrogens (tertiary/aromatic N) is 5. The Kier molecular flexibility index (Phi) is 9.93. The highest BCUT2D eigenvalue weighted by Crippen LogP contribution is 2.23. The molecule has 12 heteroatoms. The summed E-state index contributed by atoms with van der Waals surface area (Å²) in [6.45, 7) is 8.26. The van der Waals surface area contributed by atoms with Gasteiger partial charge >= 0.3 is 0 Å². The van der Waals surface area contributed by atoms with Crippen LogP contribution in [0.5, 0.6) is 0 Å². The molecule has 162 valence electrons. The summed E-state index contributed by atoms with van der Waals surface area (Å²) < 4.78 is 13.4. The van der Waals surface area contributed by atoms with Crippen molar-refractivity contribution in [3.05, 3.63) is 31.5 Å². The van der Waals surface area contributed by atoms with Gasteiger partial charge in [-0.05, 0) is 58.5 Å². The molecule has 0 atom stereocenters. The lowest BCUT2D eigenvalue weighted by atomic mass is 10.1. The smallest absolute Gasteiger partial charge is 0.289 e. The number of carbonyl (C=O) groups is 2. The lowest BCUT2D eigenvalue weighted by Gasteiger charge is -2.26. The molecule has 8 nitrogen and oxygen atoms in total. The van der Waals surface area contributed by atoms with Crippen molar-refractivity contribution in [1.82, 2.24) is 20.4 Å². The number of rotatable bonds is 6. The molecule has 0 aliphatic carbocycles. The largest absolute Gasteiger partial charge is 0.296 e. The summed E-state index contributed by atoms with van der Waals surface area (Å²) in [7, 11) is 0. The first kappa shape index (κ1) is 26.1. The van der Waals surface area contributed by atoms with Crippen LogP contribution in [0.25, 0.3) is 0 Å². The van der Waals surface area contributed by atoms with E-state index in [-0.39, 0.29) is 17.6 Å². The van der Waals surface area contributed by atoms with Crippen molar-refractivity contribution in [3.8, 4) is 6.07 Å². The lowest BCUT2D eigenvalue weighted by Crippen LogP contribution is -2.45. The second kappa shape index (κ2) is 11.4. The Balaban J connectivity index is 0.000000553. The second-order valence-electron chi connectivity index (χ2n) is 6.94. The fourth-order valence-electron chi connectivity index (χ4n) is 1.69. The van der Waals surface area contributed by atoms with E-state index >= 15 is 0 Å². The Labute approximate surface area is 195 Å². The fourth-order valence-corrected chi connectivity index (χ4v) is 3.08. The number of halogens is 3. The zero-order chi connectivity index (χ0) is 23.1. The zero-order valence-electron chi connectivity index (χ0n) is 17.0. The van der Waals surface area contributed by atoms with Gasteiger partial charge < -0.3 is 0 Å². The standard InChI is InChI=1S/C13H12Br2N6OS.C5H9FO/c1-7(2)5-21(11-8(14)4-17-10(3-16)19-11)20-12(22)9-6-23-13(15)18-9;1-4(7)5(2,3)6/h4,6-7H,5H2,1-2H3,(H,20,22);1-3H3. The number of nitriles is 1. The van der Waals surface area contributed by atoms with Crippen LogP contribution >= 0.6 is 43.2 Å². The molecule has 2 aromatic rings. The van der Waals surface area contributed by atoms with Gasteiger partial charge in [-0.3, -0.25) is 20.0 Å². The molecule has 0 saturated heterocycles. The van der Waals surface area contributed by atoms with Crippen LogP contribution in [0.1, 0.15) is 50.9 Å². The number of hydrogen-bond acceptors (Lipinski definition) is 8. The number of alkyl halides is 1. The molecule has 0 saturated carbocycles. The van der Waals surface area contributed by atoms with E-state index in [1.807, 2.05) is 19.9 Å². The minimum absolute atomic E-state index is 0.0302. The molecule has 1 amide bonds. The van der Waals surface area contributed by atoms with E-state index in [4.69, 9.17) is 5.26 Å². The van der Waals surface area contributed by atoms with E-state index < -0.39 is 11.5 Å². The van der Waals surface area contributed by atoms with Crippen molar-refractivity contribution in [1.29, 1.82) is 5.26 Å². The Morgan fingerprint density at radius 2 is 1.97 bits per heavy atom. The van der Waals surface area contributed by atoms with Crippen LogP contribution in [0.2, 0.25) is 0 Å². The number of aromatic nitrogens is 3. The molecule has 0 fully saturated rings. The van der Waals surface area contributed by atoms with E-state index in [0.717, 1.165) is 0 Å². The van der Waals surface area contributed by atoms with E-state index in [0.29, 0.717) is 26.4 Å². The number of anilines is 1. The molecule has 30 heavy (non-hydrogen) atoms. The molecule has 0 aliphatic rings. The van der Waals surface area contributed by atoms with Crippen LogP contribution in [0, 0.1) is 17.2 Å². The number of thiazole rings is 1. The topological polar surface area (TPSA) is 112 Å². The predicted octanol–water partition coefficient (Wildman–Crippen LogP) is 4.46. The van der Waals surface area contributed by atoms with Gasteiger partial charge in [-0.25, -0.2) is 14.4 Å². The first-order chi connectivity index (χ1) is 13.8. The maximum atomic E-state index is 12.3. The van der Waals surface area contributed by atoms with Gasteiger partial charge in [0.05, 0.1) is 4.47 Å². The van der Waals surface area contributed by atoms with Gasteiger partial charge in [0.1, 0.15) is 11.8 Å². The quantitative estimate of drug-likeness (QED) is 0.516. The molecule has 0 unspecified atom stereocenters. The molecule has 2 rings (SSSR count). The fraction of sp³-hybridized carbons (Fsp3) is 0.444. The zero-order valence-corrected chi connectivity index (χ0v) is 21.0. The molecule has 1 N–H and O–H groups in total. The summed E-state index contributed by atoms with van der Waals surface area (Å²) >= 11 is 7.91. The van der Waals surface area contributed by atoms with Gasteiger partial charge in [0.25, 0.3) is 5.91 Å². The molecule has 0 aliphatic heterocycles. The monoisotopic (exact) mass is 562 g/mol. The number of nitrogens with one attached hydrogen (secondary N) is 1. The lowest BCUT2D eigenvalue weighted by molar-refractivity contribution is -0.126. The molecular formula is C18H21Br2FN6O2S. The number of ketones is 1. The summed E-state index contributed by atoms with van der Waals surface area (Å²) in [5, 5.41) is 12.2. The van der Waals surface area contributed by atoms with Crippen molar-refractivity contribution in [2.24, 2.45) is 5.92 Å². The molecule has 2 aromatic heterocycles. The number of hydrazine groups is 1. The number of Topliss-reactive ketones (excluding diaryl/α,β-unsaturated/α-hetero) is 1.